The molecule has 0 saturated carbocycles. The van der Waals surface area contributed by atoms with E-state index < -0.39 is 21.7 Å². The van der Waals surface area contributed by atoms with Gasteiger partial charge in [0.1, 0.15) is 11.6 Å². The van der Waals surface area contributed by atoms with Crippen LogP contribution in [0.4, 0.5) is 21.5 Å². The highest BCUT2D eigenvalue weighted by Crippen LogP contribution is 2.28. The molecule has 0 aliphatic carbocycles. The van der Waals surface area contributed by atoms with E-state index in [0.29, 0.717) is 11.4 Å². The molecule has 0 unspecified atom stereocenters. The van der Waals surface area contributed by atoms with Gasteiger partial charge in [-0.3, -0.25) is 14.3 Å². The quantitative estimate of drug-likeness (QED) is 0.499. The lowest BCUT2D eigenvalue weighted by molar-refractivity contribution is -0.114. The summed E-state index contributed by atoms with van der Waals surface area (Å²) in [5.41, 5.74) is 0.566. The monoisotopic (exact) mass is 457 g/mol. The van der Waals surface area contributed by atoms with Crippen molar-refractivity contribution in [3.05, 3.63) is 78.1 Å². The molecule has 0 aliphatic heterocycles. The molecule has 0 bridgehead atoms. The van der Waals surface area contributed by atoms with Crippen LogP contribution in [0.25, 0.3) is 0 Å². The van der Waals surface area contributed by atoms with Gasteiger partial charge in [-0.1, -0.05) is 18.2 Å². The van der Waals surface area contributed by atoms with E-state index in [9.17, 15) is 22.4 Å². The lowest BCUT2D eigenvalue weighted by Crippen LogP contribution is -2.17. The van der Waals surface area contributed by atoms with Gasteiger partial charge in [0.2, 0.25) is 5.91 Å². The van der Waals surface area contributed by atoms with Crippen molar-refractivity contribution < 1.29 is 27.1 Å². The molecular weight excluding hydrogens is 437 g/mol. The Morgan fingerprint density at radius 1 is 0.906 bits per heavy atom. The third-order valence-electron chi connectivity index (χ3n) is 4.29. The van der Waals surface area contributed by atoms with Gasteiger partial charge in [0.05, 0.1) is 23.4 Å². The lowest BCUT2D eigenvalue weighted by atomic mass is 10.2. The number of hydrogen-bond acceptors (Lipinski definition) is 5. The molecule has 0 radical (unpaired) electrons. The minimum Gasteiger partial charge on any atom is -0.495 e. The van der Waals surface area contributed by atoms with Crippen LogP contribution in [0.5, 0.6) is 5.75 Å². The Morgan fingerprint density at radius 2 is 1.66 bits per heavy atom. The number of halogens is 1. The fourth-order valence-corrected chi connectivity index (χ4v) is 3.95. The number of amides is 2. The number of hydrogen-bond donors (Lipinski definition) is 3. The Hall–Kier alpha value is -3.92. The number of nitrogens with one attached hydrogen (secondary N) is 3. The highest BCUT2D eigenvalue weighted by Gasteiger charge is 2.19. The molecule has 166 valence electrons. The van der Waals surface area contributed by atoms with Gasteiger partial charge in [0, 0.05) is 18.2 Å². The average Bonchev–Trinajstić information content (AvgIpc) is 2.75. The molecule has 0 fully saturated rings. The number of sulfonamides is 1. The van der Waals surface area contributed by atoms with Crippen molar-refractivity contribution in [2.24, 2.45) is 0 Å². The zero-order valence-corrected chi connectivity index (χ0v) is 18.0. The standard InChI is InChI=1S/C22H20FN3O5S/c1-14(27)24-16-10-11-21(31-2)20(13-16)25-22(28)15-6-5-7-17(12-15)32(29,30)26-19-9-4-3-8-18(19)23/h3-13,26H,1-2H3,(H,24,27)(H,25,28). The van der Waals surface area contributed by atoms with E-state index in [4.69, 9.17) is 4.74 Å². The molecule has 0 spiro atoms. The number of benzene rings is 3. The molecule has 2 amide bonds. The Morgan fingerprint density at radius 3 is 2.34 bits per heavy atom. The fraction of sp³-hybridized carbons (Fsp3) is 0.0909. The summed E-state index contributed by atoms with van der Waals surface area (Å²) >= 11 is 0. The number of carbonyl (C=O) groups is 2. The van der Waals surface area contributed by atoms with E-state index in [2.05, 4.69) is 15.4 Å². The number of ether oxygens (including phenoxy) is 1. The summed E-state index contributed by atoms with van der Waals surface area (Å²) in [5.74, 6) is -1.27. The van der Waals surface area contributed by atoms with E-state index in [1.807, 2.05) is 0 Å². The molecule has 10 heteroatoms. The second-order valence-corrected chi connectivity index (χ2v) is 8.35. The third-order valence-corrected chi connectivity index (χ3v) is 5.66. The highest BCUT2D eigenvalue weighted by molar-refractivity contribution is 7.92. The van der Waals surface area contributed by atoms with Crippen molar-refractivity contribution in [3.63, 3.8) is 0 Å². The maximum atomic E-state index is 13.8. The first-order valence-corrected chi connectivity index (χ1v) is 10.8. The minimum atomic E-state index is -4.14. The summed E-state index contributed by atoms with van der Waals surface area (Å²) in [6.45, 7) is 1.35. The van der Waals surface area contributed by atoms with Gasteiger partial charge in [-0.15, -0.1) is 0 Å². The second-order valence-electron chi connectivity index (χ2n) is 6.66. The number of rotatable bonds is 7. The normalized spacial score (nSPS) is 10.8. The summed E-state index contributed by atoms with van der Waals surface area (Å²) in [4.78, 5) is 23.9. The predicted molar refractivity (Wildman–Crippen MR) is 119 cm³/mol. The molecule has 3 aromatic rings. The van der Waals surface area contributed by atoms with Crippen LogP contribution < -0.4 is 20.1 Å². The van der Waals surface area contributed by atoms with Crippen molar-refractivity contribution in [3.8, 4) is 5.75 Å². The maximum absolute atomic E-state index is 13.8. The zero-order valence-electron chi connectivity index (χ0n) is 17.2. The van der Waals surface area contributed by atoms with Crippen LogP contribution in [0.1, 0.15) is 17.3 Å². The lowest BCUT2D eigenvalue weighted by Gasteiger charge is -2.13. The van der Waals surface area contributed by atoms with Gasteiger partial charge >= 0.3 is 0 Å². The van der Waals surface area contributed by atoms with Crippen LogP contribution in [0.3, 0.4) is 0 Å². The van der Waals surface area contributed by atoms with Gasteiger partial charge in [0.15, 0.2) is 0 Å². The molecule has 0 aliphatic rings. The van der Waals surface area contributed by atoms with Crippen molar-refractivity contribution in [2.45, 2.75) is 11.8 Å². The Balaban J connectivity index is 1.86. The van der Waals surface area contributed by atoms with E-state index in [1.54, 1.807) is 12.1 Å². The van der Waals surface area contributed by atoms with Crippen LogP contribution >= 0.6 is 0 Å². The van der Waals surface area contributed by atoms with Crippen LogP contribution in [0.15, 0.2) is 71.6 Å². The Bertz CT molecular complexity index is 1280. The van der Waals surface area contributed by atoms with E-state index in [1.165, 1.54) is 62.6 Å². The Labute approximate surface area is 184 Å². The summed E-state index contributed by atoms with van der Waals surface area (Å²) in [5, 5.41) is 5.24. The van der Waals surface area contributed by atoms with Crippen LogP contribution in [-0.2, 0) is 14.8 Å². The van der Waals surface area contributed by atoms with Crippen molar-refractivity contribution in [1.82, 2.24) is 0 Å². The van der Waals surface area contributed by atoms with Gasteiger partial charge in [-0.05, 0) is 48.5 Å². The maximum Gasteiger partial charge on any atom is 0.262 e. The number of methoxy groups -OCH3 is 1. The molecular formula is C22H20FN3O5S. The molecule has 0 atom stereocenters. The molecule has 8 nitrogen and oxygen atoms in total. The van der Waals surface area contributed by atoms with Crippen LogP contribution in [-0.4, -0.2) is 27.3 Å². The summed E-state index contributed by atoms with van der Waals surface area (Å²) in [6.07, 6.45) is 0. The van der Waals surface area contributed by atoms with E-state index in [0.717, 1.165) is 6.07 Å². The molecule has 0 aromatic heterocycles. The van der Waals surface area contributed by atoms with Gasteiger partial charge in [0.25, 0.3) is 15.9 Å². The first-order chi connectivity index (χ1) is 15.2. The van der Waals surface area contributed by atoms with Gasteiger partial charge < -0.3 is 15.4 Å². The van der Waals surface area contributed by atoms with Gasteiger partial charge in [-0.2, -0.15) is 0 Å². The van der Waals surface area contributed by atoms with Crippen molar-refractivity contribution >= 4 is 38.9 Å². The highest BCUT2D eigenvalue weighted by atomic mass is 32.2. The zero-order chi connectivity index (χ0) is 23.3. The number of para-hydroxylation sites is 1. The largest absolute Gasteiger partial charge is 0.495 e. The topological polar surface area (TPSA) is 114 Å². The number of carbonyl (C=O) groups excluding carboxylic acids is 2. The summed E-state index contributed by atoms with van der Waals surface area (Å²) in [7, 11) is -2.72. The van der Waals surface area contributed by atoms with E-state index in [-0.39, 0.29) is 27.7 Å². The predicted octanol–water partition coefficient (Wildman–Crippen LogP) is 3.85. The first kappa shape index (κ1) is 22.8. The molecule has 0 heterocycles. The van der Waals surface area contributed by atoms with Crippen molar-refractivity contribution in [2.75, 3.05) is 22.5 Å². The van der Waals surface area contributed by atoms with Crippen LogP contribution in [0, 0.1) is 5.82 Å². The fourth-order valence-electron chi connectivity index (χ4n) is 2.83. The molecule has 0 saturated heterocycles. The second kappa shape index (κ2) is 9.48. The average molecular weight is 457 g/mol. The van der Waals surface area contributed by atoms with Crippen LogP contribution in [0.2, 0.25) is 0 Å². The van der Waals surface area contributed by atoms with Crippen molar-refractivity contribution in [1.29, 1.82) is 0 Å². The number of anilines is 3. The Kier molecular flexibility index (Phi) is 6.74. The molecule has 3 rings (SSSR count). The van der Waals surface area contributed by atoms with Gasteiger partial charge in [-0.25, -0.2) is 12.8 Å². The smallest absolute Gasteiger partial charge is 0.262 e. The summed E-state index contributed by atoms with van der Waals surface area (Å²) in [6, 6.07) is 15.3. The first-order valence-electron chi connectivity index (χ1n) is 9.34. The molecule has 3 aromatic carbocycles. The third kappa shape index (κ3) is 5.41. The summed E-state index contributed by atoms with van der Waals surface area (Å²) < 4.78 is 46.6. The molecule has 32 heavy (non-hydrogen) atoms. The van der Waals surface area contributed by atoms with E-state index >= 15 is 0 Å². The molecule has 3 N–H and O–H groups in total. The SMILES string of the molecule is COc1ccc(NC(C)=O)cc1NC(=O)c1cccc(S(=O)(=O)Nc2ccccc2F)c1. The minimum absolute atomic E-state index is 0.0494.